The Morgan fingerprint density at radius 1 is 1.07 bits per heavy atom. The molecule has 0 aliphatic heterocycles. The lowest BCUT2D eigenvalue weighted by Gasteiger charge is -1.88. The number of rotatable bonds is 2. The minimum Gasteiger partial charge on any atom is -0.358 e. The Morgan fingerprint density at radius 3 is 2.33 bits per heavy atom. The van der Waals surface area contributed by atoms with Gasteiger partial charge in [0.05, 0.1) is 0 Å². The third-order valence-corrected chi connectivity index (χ3v) is 2.38. The van der Waals surface area contributed by atoms with Crippen molar-refractivity contribution >= 4 is 18.2 Å². The standard InChI is InChI=1S/C14H19N/c1-5-8-10-13-12(9-6-2)11(4)15-14(13)7-3/h5-10,15H,1-4H3/b8-5-,9-6-,13-10-,14-7+. The number of aromatic nitrogens is 1. The summed E-state index contributed by atoms with van der Waals surface area (Å²) in [5.74, 6) is 0. The second kappa shape index (κ2) is 5.40. The molecule has 1 aromatic heterocycles. The second-order valence-electron chi connectivity index (χ2n) is 3.47. The molecule has 1 heteroatoms. The molecule has 0 amide bonds. The highest BCUT2D eigenvalue weighted by Crippen LogP contribution is 1.99. The maximum absolute atomic E-state index is 3.38. The van der Waals surface area contributed by atoms with Gasteiger partial charge in [-0.1, -0.05) is 36.5 Å². The molecule has 0 saturated carbocycles. The zero-order chi connectivity index (χ0) is 11.3. The predicted octanol–water partition coefficient (Wildman–Crippen LogP) is 2.51. The first-order valence-electron chi connectivity index (χ1n) is 5.35. The van der Waals surface area contributed by atoms with Gasteiger partial charge in [-0.05, 0) is 27.7 Å². The smallest absolute Gasteiger partial charge is 0.0418 e. The van der Waals surface area contributed by atoms with E-state index < -0.39 is 0 Å². The van der Waals surface area contributed by atoms with Crippen molar-refractivity contribution in [2.24, 2.45) is 0 Å². The summed E-state index contributed by atoms with van der Waals surface area (Å²) in [5.41, 5.74) is 2.50. The van der Waals surface area contributed by atoms with Crippen molar-refractivity contribution in [3.63, 3.8) is 0 Å². The van der Waals surface area contributed by atoms with Crippen LogP contribution in [0.5, 0.6) is 0 Å². The van der Waals surface area contributed by atoms with Crippen LogP contribution >= 0.6 is 0 Å². The average molecular weight is 201 g/mol. The molecule has 1 nitrogen and oxygen atoms in total. The summed E-state index contributed by atoms with van der Waals surface area (Å²) < 4.78 is 0. The lowest BCUT2D eigenvalue weighted by Crippen LogP contribution is -2.23. The Kier molecular flexibility index (Phi) is 4.17. The van der Waals surface area contributed by atoms with Crippen LogP contribution in [0.1, 0.15) is 32.0 Å². The fourth-order valence-electron chi connectivity index (χ4n) is 1.66. The van der Waals surface area contributed by atoms with Crippen LogP contribution in [0.2, 0.25) is 0 Å². The molecule has 0 unspecified atom stereocenters. The Morgan fingerprint density at radius 2 is 1.80 bits per heavy atom. The van der Waals surface area contributed by atoms with E-state index in [2.05, 4.69) is 49.2 Å². The van der Waals surface area contributed by atoms with Crippen molar-refractivity contribution < 1.29 is 0 Å². The van der Waals surface area contributed by atoms with Gasteiger partial charge in [-0.25, -0.2) is 0 Å². The summed E-state index contributed by atoms with van der Waals surface area (Å²) in [6, 6.07) is 0. The minimum absolute atomic E-state index is 1.19. The summed E-state index contributed by atoms with van der Waals surface area (Å²) in [6.45, 7) is 8.23. The van der Waals surface area contributed by atoms with Crippen LogP contribution < -0.4 is 10.6 Å². The lowest BCUT2D eigenvalue weighted by molar-refractivity contribution is 1.21. The third-order valence-electron chi connectivity index (χ3n) is 2.38. The number of hydrogen-bond acceptors (Lipinski definition) is 0. The fourth-order valence-corrected chi connectivity index (χ4v) is 1.66. The van der Waals surface area contributed by atoms with Crippen molar-refractivity contribution in [1.29, 1.82) is 0 Å². The highest BCUT2D eigenvalue weighted by Gasteiger charge is 1.99. The van der Waals surface area contributed by atoms with Gasteiger partial charge in [0.15, 0.2) is 0 Å². The normalized spacial score (nSPS) is 14.9. The van der Waals surface area contributed by atoms with Crippen LogP contribution in [0.25, 0.3) is 18.2 Å². The molecular weight excluding hydrogens is 182 g/mol. The van der Waals surface area contributed by atoms with Crippen molar-refractivity contribution in [3.8, 4) is 0 Å². The molecule has 80 valence electrons. The molecule has 0 bridgehead atoms. The fraction of sp³-hybridized carbons (Fsp3) is 0.286. The molecule has 1 rings (SSSR count). The minimum atomic E-state index is 1.19. The quantitative estimate of drug-likeness (QED) is 0.756. The largest absolute Gasteiger partial charge is 0.358 e. The average Bonchev–Trinajstić information content (AvgIpc) is 2.53. The third kappa shape index (κ3) is 2.50. The molecule has 0 aliphatic carbocycles. The van der Waals surface area contributed by atoms with Gasteiger partial charge in [0.1, 0.15) is 0 Å². The zero-order valence-corrected chi connectivity index (χ0v) is 9.96. The summed E-state index contributed by atoms with van der Waals surface area (Å²) in [5, 5.41) is 2.46. The number of aromatic amines is 1. The van der Waals surface area contributed by atoms with Crippen LogP contribution in [0, 0.1) is 6.92 Å². The summed E-state index contributed by atoms with van der Waals surface area (Å²) >= 11 is 0. The maximum atomic E-state index is 3.38. The van der Waals surface area contributed by atoms with Gasteiger partial charge < -0.3 is 4.98 Å². The van der Waals surface area contributed by atoms with E-state index in [-0.39, 0.29) is 0 Å². The van der Waals surface area contributed by atoms with Crippen LogP contribution in [0.4, 0.5) is 0 Å². The number of allylic oxidation sites excluding steroid dienone is 3. The number of H-pyrrole nitrogens is 1. The Labute approximate surface area is 91.5 Å². The van der Waals surface area contributed by atoms with E-state index in [0.29, 0.717) is 0 Å². The summed E-state index contributed by atoms with van der Waals surface area (Å²) in [7, 11) is 0. The maximum Gasteiger partial charge on any atom is 0.0418 e. The van der Waals surface area contributed by atoms with Gasteiger partial charge in [-0.2, -0.15) is 0 Å². The molecule has 0 saturated heterocycles. The highest BCUT2D eigenvalue weighted by molar-refractivity contribution is 5.57. The van der Waals surface area contributed by atoms with E-state index >= 15 is 0 Å². The monoisotopic (exact) mass is 201 g/mol. The van der Waals surface area contributed by atoms with E-state index in [1.165, 1.54) is 21.8 Å². The van der Waals surface area contributed by atoms with Crippen LogP contribution in [-0.4, -0.2) is 4.98 Å². The van der Waals surface area contributed by atoms with Crippen molar-refractivity contribution in [1.82, 2.24) is 4.98 Å². The van der Waals surface area contributed by atoms with Gasteiger partial charge >= 0.3 is 0 Å². The molecule has 1 aromatic rings. The molecule has 0 fully saturated rings. The SMILES string of the molecule is C\C=C/C=c1/c(/C=C\C)c(C)[nH]/c1=C/C. The van der Waals surface area contributed by atoms with Gasteiger partial charge in [-0.15, -0.1) is 0 Å². The number of nitrogens with one attached hydrogen (secondary N) is 1. The molecule has 0 aromatic carbocycles. The second-order valence-corrected chi connectivity index (χ2v) is 3.47. The van der Waals surface area contributed by atoms with E-state index in [0.717, 1.165) is 0 Å². The summed E-state index contributed by atoms with van der Waals surface area (Å²) in [4.78, 5) is 3.38. The van der Waals surface area contributed by atoms with E-state index in [1.807, 2.05) is 19.9 Å². The Bertz CT molecular complexity index is 484. The Hall–Kier alpha value is -1.50. The summed E-state index contributed by atoms with van der Waals surface area (Å²) in [6.07, 6.45) is 12.6. The van der Waals surface area contributed by atoms with Gasteiger partial charge in [0, 0.05) is 21.8 Å². The topological polar surface area (TPSA) is 15.8 Å². The molecule has 1 N–H and O–H groups in total. The van der Waals surface area contributed by atoms with Crippen molar-refractivity contribution in [2.75, 3.05) is 0 Å². The first kappa shape index (κ1) is 11.6. The lowest BCUT2D eigenvalue weighted by atomic mass is 10.2. The molecule has 1 heterocycles. The van der Waals surface area contributed by atoms with E-state index in [4.69, 9.17) is 0 Å². The first-order chi connectivity index (χ1) is 7.24. The van der Waals surface area contributed by atoms with Gasteiger partial charge in [-0.3, -0.25) is 0 Å². The van der Waals surface area contributed by atoms with Crippen LogP contribution in [0.3, 0.4) is 0 Å². The highest BCUT2D eigenvalue weighted by atomic mass is 14.7. The van der Waals surface area contributed by atoms with Gasteiger partial charge in [0.2, 0.25) is 0 Å². The van der Waals surface area contributed by atoms with Crippen LogP contribution in [0.15, 0.2) is 18.2 Å². The van der Waals surface area contributed by atoms with E-state index in [9.17, 15) is 0 Å². The predicted molar refractivity (Wildman–Crippen MR) is 68.9 cm³/mol. The molecular formula is C14H19N. The van der Waals surface area contributed by atoms with E-state index in [1.54, 1.807) is 0 Å². The Balaban J connectivity index is 3.57. The van der Waals surface area contributed by atoms with Crippen molar-refractivity contribution in [3.05, 3.63) is 40.1 Å². The first-order valence-corrected chi connectivity index (χ1v) is 5.35. The molecule has 0 radical (unpaired) electrons. The number of hydrogen-bond donors (Lipinski definition) is 1. The zero-order valence-electron chi connectivity index (χ0n) is 9.96. The molecule has 0 atom stereocenters. The molecule has 0 aliphatic rings. The van der Waals surface area contributed by atoms with Crippen LogP contribution in [-0.2, 0) is 0 Å². The van der Waals surface area contributed by atoms with Gasteiger partial charge in [0.25, 0.3) is 0 Å². The van der Waals surface area contributed by atoms with Crippen molar-refractivity contribution in [2.45, 2.75) is 27.7 Å². The number of aryl methyl sites for hydroxylation is 1. The molecule has 0 spiro atoms. The molecule has 15 heavy (non-hydrogen) atoms.